The third kappa shape index (κ3) is 10.6. The molecule has 0 N–H and O–H groups in total. The molecule has 0 saturated carbocycles. The minimum atomic E-state index is 0.336. The zero-order valence-electron chi connectivity index (χ0n) is 19.0. The van der Waals surface area contributed by atoms with Crippen LogP contribution >= 0.6 is 0 Å². The summed E-state index contributed by atoms with van der Waals surface area (Å²) in [6.07, 6.45) is 16.5. The lowest BCUT2D eigenvalue weighted by Crippen LogP contribution is -2.18. The Kier molecular flexibility index (Phi) is 12.7. The van der Waals surface area contributed by atoms with Crippen LogP contribution in [0.4, 0.5) is 11.4 Å². The molecule has 0 radical (unpaired) electrons. The van der Waals surface area contributed by atoms with E-state index in [9.17, 15) is 4.79 Å². The molecule has 0 aromatic heterocycles. The highest BCUT2D eigenvalue weighted by Crippen LogP contribution is 2.25. The van der Waals surface area contributed by atoms with Crippen molar-refractivity contribution in [2.75, 3.05) is 11.4 Å². The molecule has 164 valence electrons. The number of nitrogens with zero attached hydrogens (tertiary/aromatic N) is 1. The Morgan fingerprint density at radius 2 is 0.933 bits per heavy atom. The van der Waals surface area contributed by atoms with Crippen molar-refractivity contribution >= 4 is 17.2 Å². The predicted octanol–water partition coefficient (Wildman–Crippen LogP) is 8.49. The number of carbonyl (C=O) groups is 1. The standard InChI is InChI=1S/C28H41NO/c1-26(30)20-14-10-8-6-4-2-3-5-7-9-11-19-25-29(27-21-15-12-16-22-27)28-23-17-13-18-24-28/h12-13,15-18,21-24H,2-11,14,19-20,25H2,1H3. The number of para-hydroxylation sites is 2. The summed E-state index contributed by atoms with van der Waals surface area (Å²) in [6, 6.07) is 21.5. The van der Waals surface area contributed by atoms with Gasteiger partial charge in [-0.15, -0.1) is 0 Å². The Labute approximate surface area is 184 Å². The van der Waals surface area contributed by atoms with Crippen molar-refractivity contribution in [1.29, 1.82) is 0 Å². The second kappa shape index (κ2) is 15.7. The van der Waals surface area contributed by atoms with Gasteiger partial charge in [0.25, 0.3) is 0 Å². The average molecular weight is 408 g/mol. The van der Waals surface area contributed by atoms with Gasteiger partial charge in [0.2, 0.25) is 0 Å². The summed E-state index contributed by atoms with van der Waals surface area (Å²) < 4.78 is 0. The molecule has 30 heavy (non-hydrogen) atoms. The van der Waals surface area contributed by atoms with Gasteiger partial charge in [-0.1, -0.05) is 101 Å². The lowest BCUT2D eigenvalue weighted by molar-refractivity contribution is -0.117. The largest absolute Gasteiger partial charge is 0.341 e. The molecule has 0 atom stereocenters. The Morgan fingerprint density at radius 1 is 0.567 bits per heavy atom. The number of Topliss-reactive ketones (excluding diaryl/α,β-unsaturated/α-hetero) is 1. The minimum Gasteiger partial charge on any atom is -0.341 e. The van der Waals surface area contributed by atoms with E-state index in [0.29, 0.717) is 5.78 Å². The molecule has 0 spiro atoms. The van der Waals surface area contributed by atoms with Crippen molar-refractivity contribution in [3.8, 4) is 0 Å². The van der Waals surface area contributed by atoms with E-state index in [1.807, 2.05) is 0 Å². The fourth-order valence-electron chi connectivity index (χ4n) is 4.03. The van der Waals surface area contributed by atoms with E-state index in [0.717, 1.165) is 19.4 Å². The maximum Gasteiger partial charge on any atom is 0.129 e. The molecular formula is C28H41NO. The number of carbonyl (C=O) groups excluding carboxylic acids is 1. The van der Waals surface area contributed by atoms with E-state index in [2.05, 4.69) is 65.6 Å². The summed E-state index contributed by atoms with van der Waals surface area (Å²) in [5, 5.41) is 0. The van der Waals surface area contributed by atoms with Gasteiger partial charge in [-0.25, -0.2) is 0 Å². The highest BCUT2D eigenvalue weighted by Gasteiger charge is 2.08. The number of rotatable bonds is 17. The van der Waals surface area contributed by atoms with Crippen LogP contribution in [0.2, 0.25) is 0 Å². The van der Waals surface area contributed by atoms with Gasteiger partial charge in [-0.2, -0.15) is 0 Å². The number of unbranched alkanes of at least 4 members (excludes halogenated alkanes) is 11. The van der Waals surface area contributed by atoms with Gasteiger partial charge < -0.3 is 9.69 Å². The second-order valence-corrected chi connectivity index (χ2v) is 8.52. The Morgan fingerprint density at radius 3 is 1.33 bits per heavy atom. The Balaban J connectivity index is 1.50. The first kappa shape index (κ1) is 24.2. The van der Waals surface area contributed by atoms with Gasteiger partial charge in [0.1, 0.15) is 5.78 Å². The van der Waals surface area contributed by atoms with E-state index < -0.39 is 0 Å². The van der Waals surface area contributed by atoms with Gasteiger partial charge in [0.15, 0.2) is 0 Å². The maximum atomic E-state index is 10.9. The van der Waals surface area contributed by atoms with E-state index >= 15 is 0 Å². The molecule has 0 fully saturated rings. The van der Waals surface area contributed by atoms with Crippen LogP contribution < -0.4 is 4.90 Å². The second-order valence-electron chi connectivity index (χ2n) is 8.52. The summed E-state index contributed by atoms with van der Waals surface area (Å²) in [6.45, 7) is 2.78. The number of ketones is 1. The van der Waals surface area contributed by atoms with Gasteiger partial charge in [-0.05, 0) is 44.0 Å². The van der Waals surface area contributed by atoms with Gasteiger partial charge in [0.05, 0.1) is 0 Å². The summed E-state index contributed by atoms with van der Waals surface area (Å²) in [4.78, 5) is 13.3. The zero-order valence-corrected chi connectivity index (χ0v) is 19.0. The minimum absolute atomic E-state index is 0.336. The summed E-state index contributed by atoms with van der Waals surface area (Å²) >= 11 is 0. The van der Waals surface area contributed by atoms with Gasteiger partial charge in [0, 0.05) is 24.3 Å². The van der Waals surface area contributed by atoms with Crippen LogP contribution in [-0.2, 0) is 4.79 Å². The molecule has 0 amide bonds. The summed E-state index contributed by atoms with van der Waals surface area (Å²) in [5.41, 5.74) is 2.56. The first-order chi connectivity index (χ1) is 14.8. The molecule has 2 heteroatoms. The monoisotopic (exact) mass is 407 g/mol. The molecule has 0 heterocycles. The quantitative estimate of drug-likeness (QED) is 0.245. The number of benzene rings is 2. The van der Waals surface area contributed by atoms with E-state index in [4.69, 9.17) is 0 Å². The lowest BCUT2D eigenvalue weighted by Gasteiger charge is -2.25. The molecule has 2 aromatic carbocycles. The molecule has 0 aliphatic rings. The smallest absolute Gasteiger partial charge is 0.129 e. The Bertz CT molecular complexity index is 628. The van der Waals surface area contributed by atoms with Crippen LogP contribution in [0.15, 0.2) is 60.7 Å². The fourth-order valence-corrected chi connectivity index (χ4v) is 4.03. The first-order valence-corrected chi connectivity index (χ1v) is 12.1. The van der Waals surface area contributed by atoms with Crippen molar-refractivity contribution in [2.24, 2.45) is 0 Å². The van der Waals surface area contributed by atoms with Crippen LogP contribution in [0.5, 0.6) is 0 Å². The first-order valence-electron chi connectivity index (χ1n) is 12.1. The molecule has 0 aliphatic heterocycles. The van der Waals surface area contributed by atoms with E-state index in [1.54, 1.807) is 6.92 Å². The molecule has 2 aromatic rings. The van der Waals surface area contributed by atoms with Gasteiger partial charge >= 0.3 is 0 Å². The van der Waals surface area contributed by atoms with E-state index in [-0.39, 0.29) is 0 Å². The van der Waals surface area contributed by atoms with E-state index in [1.165, 1.54) is 82.0 Å². The number of hydrogen-bond acceptors (Lipinski definition) is 2. The van der Waals surface area contributed by atoms with Crippen molar-refractivity contribution in [1.82, 2.24) is 0 Å². The molecule has 0 unspecified atom stereocenters. The van der Waals surface area contributed by atoms with Crippen molar-refractivity contribution in [3.63, 3.8) is 0 Å². The normalized spacial score (nSPS) is 10.8. The fraction of sp³-hybridized carbons (Fsp3) is 0.536. The molecule has 0 aliphatic carbocycles. The average Bonchev–Trinajstić information content (AvgIpc) is 2.77. The number of hydrogen-bond donors (Lipinski definition) is 0. The molecule has 2 rings (SSSR count). The maximum absolute atomic E-state index is 10.9. The topological polar surface area (TPSA) is 20.3 Å². The van der Waals surface area contributed by atoms with Gasteiger partial charge in [-0.3, -0.25) is 0 Å². The summed E-state index contributed by atoms with van der Waals surface area (Å²) in [7, 11) is 0. The van der Waals surface area contributed by atoms with Crippen LogP contribution in [-0.4, -0.2) is 12.3 Å². The molecular weight excluding hydrogens is 366 g/mol. The lowest BCUT2D eigenvalue weighted by atomic mass is 10.0. The third-order valence-corrected chi connectivity index (χ3v) is 5.80. The highest BCUT2D eigenvalue weighted by molar-refractivity contribution is 5.75. The van der Waals surface area contributed by atoms with Crippen molar-refractivity contribution in [2.45, 2.75) is 90.4 Å². The number of anilines is 2. The molecule has 2 nitrogen and oxygen atoms in total. The van der Waals surface area contributed by atoms with Crippen LogP contribution in [0, 0.1) is 0 Å². The third-order valence-electron chi connectivity index (χ3n) is 5.80. The van der Waals surface area contributed by atoms with Crippen molar-refractivity contribution in [3.05, 3.63) is 60.7 Å². The predicted molar refractivity (Wildman–Crippen MR) is 131 cm³/mol. The zero-order chi connectivity index (χ0) is 21.3. The molecule has 0 saturated heterocycles. The Hall–Kier alpha value is -2.09. The SMILES string of the molecule is CC(=O)CCCCCCCCCCCCCCN(c1ccccc1)c1ccccc1. The molecule has 0 bridgehead atoms. The van der Waals surface area contributed by atoms with Crippen LogP contribution in [0.25, 0.3) is 0 Å². The van der Waals surface area contributed by atoms with Crippen LogP contribution in [0.3, 0.4) is 0 Å². The van der Waals surface area contributed by atoms with Crippen molar-refractivity contribution < 1.29 is 4.79 Å². The summed E-state index contributed by atoms with van der Waals surface area (Å²) in [5.74, 6) is 0.336. The highest BCUT2D eigenvalue weighted by atomic mass is 16.1. The van der Waals surface area contributed by atoms with Crippen LogP contribution in [0.1, 0.15) is 90.4 Å².